The van der Waals surface area contributed by atoms with E-state index in [1.165, 1.54) is 24.3 Å². The van der Waals surface area contributed by atoms with E-state index < -0.39 is 57.5 Å². The summed E-state index contributed by atoms with van der Waals surface area (Å²) in [7, 11) is 1.10. The van der Waals surface area contributed by atoms with Crippen LogP contribution in [0.1, 0.15) is 15.9 Å². The molecule has 6 aromatic rings. The molecule has 1 unspecified atom stereocenters. The maximum absolute atomic E-state index is 15.7. The monoisotopic (exact) mass is 840 g/mol. The predicted molar refractivity (Wildman–Crippen MR) is 212 cm³/mol. The molecule has 1 spiro atoms. The van der Waals surface area contributed by atoms with Crippen molar-refractivity contribution in [2.45, 2.75) is 5.54 Å². The van der Waals surface area contributed by atoms with Crippen LogP contribution in [-0.2, 0) is 23.9 Å². The Morgan fingerprint density at radius 3 is 1.70 bits per heavy atom. The Morgan fingerprint density at radius 1 is 0.648 bits per heavy atom. The zero-order chi connectivity index (χ0) is 37.9. The number of ketones is 2. The van der Waals surface area contributed by atoms with Crippen molar-refractivity contribution in [3.05, 3.63) is 170 Å². The minimum Gasteiger partial charge on any atom is -0.507 e. The van der Waals surface area contributed by atoms with Crippen molar-refractivity contribution >= 4 is 99.9 Å². The quantitative estimate of drug-likeness (QED) is 0.0587. The van der Waals surface area contributed by atoms with Crippen molar-refractivity contribution in [1.82, 2.24) is 0 Å². The number of anilines is 2. The summed E-state index contributed by atoms with van der Waals surface area (Å²) in [5.41, 5.74) is -4.08. The number of hydrogen-bond acceptors (Lipinski definition) is 7. The highest BCUT2D eigenvalue weighted by atomic mass is 79.9. The van der Waals surface area contributed by atoms with Crippen molar-refractivity contribution < 1.29 is 33.8 Å². The Hall–Kier alpha value is -6.17. The summed E-state index contributed by atoms with van der Waals surface area (Å²) in [6, 6.07) is 37.0. The highest BCUT2D eigenvalue weighted by Crippen LogP contribution is 2.53. The average molecular weight is 842 g/mol. The lowest BCUT2D eigenvalue weighted by molar-refractivity contribution is -0.136. The normalized spacial score (nSPS) is 18.0. The third-order valence-electron chi connectivity index (χ3n) is 9.70. The van der Waals surface area contributed by atoms with Gasteiger partial charge in [0.1, 0.15) is 11.5 Å². The molecule has 1 fully saturated rings. The molecule has 0 aliphatic carbocycles. The van der Waals surface area contributed by atoms with Gasteiger partial charge in [-0.05, 0) is 82.2 Å². The number of rotatable bonds is 6. The summed E-state index contributed by atoms with van der Waals surface area (Å²) in [6.45, 7) is 0. The molecule has 264 valence electrons. The number of fused-ring (bicyclic) bond motifs is 2. The number of aliphatic hydroxyl groups excluding tert-OH is 1. The third kappa shape index (κ3) is 5.30. The number of carbonyl (C=O) groups excluding carboxylic acids is 5. The summed E-state index contributed by atoms with van der Waals surface area (Å²) in [5.74, 6) is -6.10. The lowest BCUT2D eigenvalue weighted by Gasteiger charge is -2.35. The molecule has 0 radical (unpaired) electrons. The second-order valence-electron chi connectivity index (χ2n) is 12.7. The van der Waals surface area contributed by atoms with Crippen LogP contribution in [-0.4, -0.2) is 47.1 Å². The maximum Gasteiger partial charge on any atom is 0.355 e. The largest absolute Gasteiger partial charge is 0.507 e. The van der Waals surface area contributed by atoms with Gasteiger partial charge in [-0.2, -0.15) is 0 Å². The van der Waals surface area contributed by atoms with E-state index in [1.54, 1.807) is 78.9 Å². The smallest absolute Gasteiger partial charge is 0.355 e. The number of methoxy groups -OCH3 is 1. The van der Waals surface area contributed by atoms with Gasteiger partial charge in [0.15, 0.2) is 11.3 Å². The molecule has 0 saturated carbocycles. The number of hydrogen-bond donors (Lipinski definition) is 1. The summed E-state index contributed by atoms with van der Waals surface area (Å²) in [5, 5.41) is 15.4. The first-order chi connectivity index (χ1) is 26.1. The molecule has 8 rings (SSSR count). The van der Waals surface area contributed by atoms with Gasteiger partial charge in [0, 0.05) is 31.4 Å². The SMILES string of the molecule is COC(=O)C1=C(C(=O)c2ccc3ccccc3c2)C2(C(=O)N1c1ccc(Br)cc1)/C(=C(\O)c1ccc3ccccc3c1)C(=O)C(=O)N2c1ccc(Br)cc1. The van der Waals surface area contributed by atoms with E-state index in [4.69, 9.17) is 4.74 Å². The van der Waals surface area contributed by atoms with Crippen LogP contribution >= 0.6 is 31.9 Å². The topological polar surface area (TPSA) is 121 Å². The average Bonchev–Trinajstić information content (AvgIpc) is 3.59. The van der Waals surface area contributed by atoms with Gasteiger partial charge in [-0.1, -0.05) is 105 Å². The van der Waals surface area contributed by atoms with Crippen molar-refractivity contribution in [2.24, 2.45) is 0 Å². The molecule has 2 heterocycles. The number of carbonyl (C=O) groups is 5. The summed E-state index contributed by atoms with van der Waals surface area (Å²) in [6.07, 6.45) is 0. The second-order valence-corrected chi connectivity index (χ2v) is 14.5. The zero-order valence-electron chi connectivity index (χ0n) is 28.2. The Balaban J connectivity index is 1.53. The number of amides is 2. The van der Waals surface area contributed by atoms with Crippen LogP contribution in [0.15, 0.2) is 159 Å². The number of halogens is 2. The highest BCUT2D eigenvalue weighted by molar-refractivity contribution is 9.10. The van der Waals surface area contributed by atoms with Crippen LogP contribution in [0.2, 0.25) is 0 Å². The molecule has 0 aromatic heterocycles. The molecule has 11 heteroatoms. The number of esters is 1. The standard InChI is InChI=1S/C43H26Br2N2O7/c1-54-41(52)36-34(37(48)28-12-10-24-6-2-4-8-26(24)22-28)43(42(53)46(36)32-18-14-30(44)15-19-32)35(38(49)29-13-11-25-7-3-5-9-27(25)23-29)39(50)40(51)47(43)33-20-16-31(45)17-21-33/h2-23,49H,1H3/b38-35-. The fraction of sp³-hybridized carbons (Fsp3) is 0.0465. The number of Topliss-reactive ketones (excluding diaryl/α,β-unsaturated/α-hetero) is 2. The molecule has 6 aromatic carbocycles. The molecular formula is C43H26Br2N2O7. The summed E-state index contributed by atoms with van der Waals surface area (Å²) < 4.78 is 6.54. The van der Waals surface area contributed by atoms with E-state index in [0.29, 0.717) is 19.7 Å². The van der Waals surface area contributed by atoms with Crippen LogP contribution in [0, 0.1) is 0 Å². The lowest BCUT2D eigenvalue weighted by Crippen LogP contribution is -2.56. The lowest BCUT2D eigenvalue weighted by atomic mass is 9.77. The summed E-state index contributed by atoms with van der Waals surface area (Å²) in [4.78, 5) is 76.3. The third-order valence-corrected chi connectivity index (χ3v) is 10.8. The number of nitrogens with zero attached hydrogens (tertiary/aromatic N) is 2. The Morgan fingerprint density at radius 2 is 1.15 bits per heavy atom. The Kier molecular flexibility index (Phi) is 8.63. The van der Waals surface area contributed by atoms with Crippen molar-refractivity contribution in [2.75, 3.05) is 16.9 Å². The zero-order valence-corrected chi connectivity index (χ0v) is 31.4. The van der Waals surface area contributed by atoms with Gasteiger partial charge < -0.3 is 9.84 Å². The highest BCUT2D eigenvalue weighted by Gasteiger charge is 2.71. The van der Waals surface area contributed by atoms with Crippen LogP contribution in [0.4, 0.5) is 11.4 Å². The molecule has 54 heavy (non-hydrogen) atoms. The molecule has 1 N–H and O–H groups in total. The van der Waals surface area contributed by atoms with Crippen LogP contribution in [0.3, 0.4) is 0 Å². The molecule has 2 aliphatic rings. The number of aliphatic hydroxyl groups is 1. The van der Waals surface area contributed by atoms with Gasteiger partial charge in [-0.15, -0.1) is 0 Å². The molecule has 2 aliphatic heterocycles. The number of ether oxygens (including phenoxy) is 1. The van der Waals surface area contributed by atoms with E-state index in [0.717, 1.165) is 27.7 Å². The van der Waals surface area contributed by atoms with Crippen LogP contribution in [0.5, 0.6) is 0 Å². The molecule has 0 bridgehead atoms. The summed E-state index contributed by atoms with van der Waals surface area (Å²) >= 11 is 6.80. The van der Waals surface area contributed by atoms with E-state index >= 15 is 9.59 Å². The first-order valence-corrected chi connectivity index (χ1v) is 18.2. The van der Waals surface area contributed by atoms with Gasteiger partial charge in [-0.25, -0.2) is 4.79 Å². The second kappa shape index (κ2) is 13.4. The Bertz CT molecular complexity index is 2690. The first kappa shape index (κ1) is 34.9. The molecule has 1 saturated heterocycles. The Labute approximate surface area is 325 Å². The first-order valence-electron chi connectivity index (χ1n) is 16.6. The minimum atomic E-state index is -2.70. The molecule has 9 nitrogen and oxygen atoms in total. The molecule has 2 amide bonds. The molecule has 1 atom stereocenters. The fourth-order valence-electron chi connectivity index (χ4n) is 7.26. The molecular weight excluding hydrogens is 816 g/mol. The van der Waals surface area contributed by atoms with E-state index in [-0.39, 0.29) is 22.5 Å². The number of benzene rings is 6. The van der Waals surface area contributed by atoms with Crippen molar-refractivity contribution in [3.63, 3.8) is 0 Å². The van der Waals surface area contributed by atoms with Crippen LogP contribution in [0.25, 0.3) is 27.3 Å². The van der Waals surface area contributed by atoms with E-state index in [9.17, 15) is 19.5 Å². The minimum absolute atomic E-state index is 0.0527. The van der Waals surface area contributed by atoms with Gasteiger partial charge >= 0.3 is 11.9 Å². The maximum atomic E-state index is 15.7. The van der Waals surface area contributed by atoms with Crippen molar-refractivity contribution in [1.29, 1.82) is 0 Å². The van der Waals surface area contributed by atoms with Gasteiger partial charge in [0.25, 0.3) is 11.7 Å². The van der Waals surface area contributed by atoms with Gasteiger partial charge in [0.2, 0.25) is 0 Å². The fourth-order valence-corrected chi connectivity index (χ4v) is 7.79. The van der Waals surface area contributed by atoms with Crippen molar-refractivity contribution in [3.8, 4) is 0 Å². The predicted octanol–water partition coefficient (Wildman–Crippen LogP) is 8.50. The van der Waals surface area contributed by atoms with E-state index in [2.05, 4.69) is 31.9 Å². The van der Waals surface area contributed by atoms with E-state index in [1.807, 2.05) is 30.3 Å². The van der Waals surface area contributed by atoms with Gasteiger partial charge in [-0.3, -0.25) is 29.0 Å². The van der Waals surface area contributed by atoms with Gasteiger partial charge in [0.05, 0.1) is 18.3 Å². The van der Waals surface area contributed by atoms with Crippen LogP contribution < -0.4 is 9.80 Å².